The molecule has 0 bridgehead atoms. The number of rotatable bonds is 5. The van der Waals surface area contributed by atoms with E-state index in [-0.39, 0.29) is 5.91 Å². The molecule has 3 nitrogen and oxygen atoms in total. The minimum Gasteiger partial charge on any atom is -0.356 e. The molecule has 0 fully saturated rings. The fourth-order valence-electron chi connectivity index (χ4n) is 1.16. The van der Waals surface area contributed by atoms with E-state index in [0.717, 1.165) is 24.4 Å². The fraction of sp³-hybridized carbons (Fsp3) is 0.600. The molecule has 4 heteroatoms. The number of thiazole rings is 1. The molecule has 1 rings (SSSR count). The van der Waals surface area contributed by atoms with Crippen molar-refractivity contribution in [2.45, 2.75) is 33.1 Å². The topological polar surface area (TPSA) is 42.0 Å². The van der Waals surface area contributed by atoms with Crippen LogP contribution in [0.3, 0.4) is 0 Å². The molecule has 0 aliphatic rings. The molecular formula is C10H16N2OS. The van der Waals surface area contributed by atoms with Gasteiger partial charge in [-0.05, 0) is 13.3 Å². The Kier molecular flexibility index (Phi) is 4.59. The highest BCUT2D eigenvalue weighted by atomic mass is 32.1. The summed E-state index contributed by atoms with van der Waals surface area (Å²) in [6.45, 7) is 4.72. The van der Waals surface area contributed by atoms with Crippen molar-refractivity contribution in [2.24, 2.45) is 0 Å². The summed E-state index contributed by atoms with van der Waals surface area (Å²) < 4.78 is 0. The van der Waals surface area contributed by atoms with Crippen LogP contribution < -0.4 is 5.32 Å². The van der Waals surface area contributed by atoms with E-state index >= 15 is 0 Å². The van der Waals surface area contributed by atoms with Gasteiger partial charge in [-0.15, -0.1) is 11.3 Å². The van der Waals surface area contributed by atoms with Crippen LogP contribution in [0.5, 0.6) is 0 Å². The Hall–Kier alpha value is -0.900. The second-order valence-corrected chi connectivity index (χ2v) is 4.51. The van der Waals surface area contributed by atoms with Gasteiger partial charge in [0.15, 0.2) is 0 Å². The zero-order chi connectivity index (χ0) is 10.4. The first-order valence-corrected chi connectivity index (χ1v) is 5.72. The third-order valence-corrected chi connectivity index (χ3v) is 2.81. The minimum atomic E-state index is 0.147. The molecule has 0 spiro atoms. The van der Waals surface area contributed by atoms with Gasteiger partial charge >= 0.3 is 0 Å². The normalized spacial score (nSPS) is 10.1. The molecule has 78 valence electrons. The van der Waals surface area contributed by atoms with Gasteiger partial charge in [0.1, 0.15) is 0 Å². The van der Waals surface area contributed by atoms with Gasteiger partial charge in [0.25, 0.3) is 0 Å². The molecule has 0 atom stereocenters. The average Bonchev–Trinajstić information content (AvgIpc) is 2.52. The Morgan fingerprint density at radius 3 is 3.00 bits per heavy atom. The van der Waals surface area contributed by atoms with Crippen LogP contribution in [0.15, 0.2) is 6.20 Å². The van der Waals surface area contributed by atoms with E-state index in [0.29, 0.717) is 6.42 Å². The number of aryl methyl sites for hydroxylation is 1. The molecule has 0 radical (unpaired) electrons. The first-order chi connectivity index (χ1) is 6.72. The molecule has 0 saturated heterocycles. The molecule has 0 saturated carbocycles. The predicted molar refractivity (Wildman–Crippen MR) is 58.5 cm³/mol. The number of hydrogen-bond donors (Lipinski definition) is 1. The lowest BCUT2D eigenvalue weighted by Gasteiger charge is -2.01. The van der Waals surface area contributed by atoms with Crippen LogP contribution in [0, 0.1) is 6.92 Å². The van der Waals surface area contributed by atoms with Gasteiger partial charge < -0.3 is 5.32 Å². The number of nitrogens with one attached hydrogen (secondary N) is 1. The van der Waals surface area contributed by atoms with Crippen molar-refractivity contribution in [3.63, 3.8) is 0 Å². The van der Waals surface area contributed by atoms with Crippen LogP contribution in [0.2, 0.25) is 0 Å². The van der Waals surface area contributed by atoms with Gasteiger partial charge in [-0.1, -0.05) is 6.92 Å². The van der Waals surface area contributed by atoms with Crippen LogP contribution in [0.25, 0.3) is 0 Å². The summed E-state index contributed by atoms with van der Waals surface area (Å²) in [7, 11) is 0. The molecule has 0 aromatic carbocycles. The molecule has 0 unspecified atom stereocenters. The van der Waals surface area contributed by atoms with E-state index in [2.05, 4.69) is 10.3 Å². The Morgan fingerprint density at radius 1 is 1.64 bits per heavy atom. The van der Waals surface area contributed by atoms with Crippen LogP contribution in [-0.2, 0) is 11.2 Å². The van der Waals surface area contributed by atoms with E-state index < -0.39 is 0 Å². The average molecular weight is 212 g/mol. The van der Waals surface area contributed by atoms with Crippen molar-refractivity contribution >= 4 is 17.2 Å². The molecule has 1 aromatic heterocycles. The largest absolute Gasteiger partial charge is 0.356 e. The highest BCUT2D eigenvalue weighted by molar-refractivity contribution is 7.11. The maximum atomic E-state index is 11.1. The third-order valence-electron chi connectivity index (χ3n) is 1.84. The summed E-state index contributed by atoms with van der Waals surface area (Å²) in [5.74, 6) is 0.147. The summed E-state index contributed by atoms with van der Waals surface area (Å²) >= 11 is 1.69. The summed E-state index contributed by atoms with van der Waals surface area (Å²) in [4.78, 5) is 16.5. The van der Waals surface area contributed by atoms with Crippen LogP contribution in [0.4, 0.5) is 0 Å². The third kappa shape index (κ3) is 3.87. The highest BCUT2D eigenvalue weighted by Crippen LogP contribution is 2.11. The second-order valence-electron chi connectivity index (χ2n) is 3.20. The molecule has 1 aromatic rings. The van der Waals surface area contributed by atoms with Crippen molar-refractivity contribution in [3.05, 3.63) is 16.1 Å². The van der Waals surface area contributed by atoms with Crippen molar-refractivity contribution < 1.29 is 4.79 Å². The summed E-state index contributed by atoms with van der Waals surface area (Å²) in [5, 5.41) is 3.96. The Labute approximate surface area is 88.6 Å². The molecule has 0 aliphatic heterocycles. The maximum absolute atomic E-state index is 11.1. The monoisotopic (exact) mass is 212 g/mol. The standard InChI is InChI=1S/C10H16N2OS/c1-3-4-10(13)11-6-5-9-7-12-8(2)14-9/h7H,3-6H2,1-2H3,(H,11,13). The van der Waals surface area contributed by atoms with Gasteiger partial charge in [0.2, 0.25) is 5.91 Å². The first-order valence-electron chi connectivity index (χ1n) is 4.90. The van der Waals surface area contributed by atoms with E-state index in [1.54, 1.807) is 11.3 Å². The smallest absolute Gasteiger partial charge is 0.219 e. The number of carbonyl (C=O) groups is 1. The van der Waals surface area contributed by atoms with Crippen LogP contribution in [-0.4, -0.2) is 17.4 Å². The number of carbonyl (C=O) groups excluding carboxylic acids is 1. The summed E-state index contributed by atoms with van der Waals surface area (Å²) in [6.07, 6.45) is 4.31. The fourth-order valence-corrected chi connectivity index (χ4v) is 1.96. The lowest BCUT2D eigenvalue weighted by molar-refractivity contribution is -0.121. The number of amides is 1. The number of aromatic nitrogens is 1. The molecule has 0 aliphatic carbocycles. The van der Waals surface area contributed by atoms with E-state index in [1.165, 1.54) is 4.88 Å². The van der Waals surface area contributed by atoms with Gasteiger partial charge in [0.05, 0.1) is 5.01 Å². The molecular weight excluding hydrogens is 196 g/mol. The quantitative estimate of drug-likeness (QED) is 0.810. The van der Waals surface area contributed by atoms with Crippen molar-refractivity contribution in [3.8, 4) is 0 Å². The highest BCUT2D eigenvalue weighted by Gasteiger charge is 2.00. The zero-order valence-corrected chi connectivity index (χ0v) is 9.49. The summed E-state index contributed by atoms with van der Waals surface area (Å²) in [5.41, 5.74) is 0. The lowest BCUT2D eigenvalue weighted by Crippen LogP contribution is -2.24. The number of hydrogen-bond acceptors (Lipinski definition) is 3. The van der Waals surface area contributed by atoms with Gasteiger partial charge in [-0.25, -0.2) is 4.98 Å². The second kappa shape index (κ2) is 5.75. The first kappa shape index (κ1) is 11.2. The Balaban J connectivity index is 2.18. The van der Waals surface area contributed by atoms with E-state index in [4.69, 9.17) is 0 Å². The maximum Gasteiger partial charge on any atom is 0.219 e. The minimum absolute atomic E-state index is 0.147. The van der Waals surface area contributed by atoms with Crippen molar-refractivity contribution in [1.29, 1.82) is 0 Å². The van der Waals surface area contributed by atoms with Gasteiger partial charge in [-0.3, -0.25) is 4.79 Å². The zero-order valence-electron chi connectivity index (χ0n) is 8.67. The lowest BCUT2D eigenvalue weighted by atomic mass is 10.3. The van der Waals surface area contributed by atoms with Crippen LogP contribution >= 0.6 is 11.3 Å². The van der Waals surface area contributed by atoms with Crippen molar-refractivity contribution in [1.82, 2.24) is 10.3 Å². The van der Waals surface area contributed by atoms with Crippen molar-refractivity contribution in [2.75, 3.05) is 6.54 Å². The number of nitrogens with zero attached hydrogens (tertiary/aromatic N) is 1. The van der Waals surface area contributed by atoms with E-state index in [1.807, 2.05) is 20.0 Å². The Morgan fingerprint density at radius 2 is 2.43 bits per heavy atom. The molecule has 1 N–H and O–H groups in total. The summed E-state index contributed by atoms with van der Waals surface area (Å²) in [6, 6.07) is 0. The predicted octanol–water partition coefficient (Wildman–Crippen LogP) is 1.91. The van der Waals surface area contributed by atoms with Gasteiger partial charge in [0, 0.05) is 30.5 Å². The van der Waals surface area contributed by atoms with E-state index in [9.17, 15) is 4.79 Å². The molecule has 1 amide bonds. The van der Waals surface area contributed by atoms with Gasteiger partial charge in [-0.2, -0.15) is 0 Å². The SMILES string of the molecule is CCCC(=O)NCCc1cnc(C)s1. The van der Waals surface area contributed by atoms with Crippen LogP contribution in [0.1, 0.15) is 29.7 Å². The molecule has 14 heavy (non-hydrogen) atoms. The Bertz CT molecular complexity index is 296. The molecule has 1 heterocycles.